The number of hydrogen-bond acceptors (Lipinski definition) is 6. The molecule has 0 saturated heterocycles. The van der Waals surface area contributed by atoms with Gasteiger partial charge in [-0.1, -0.05) is 29.1 Å². The monoisotopic (exact) mass is 490 g/mol. The van der Waals surface area contributed by atoms with Crippen LogP contribution in [0.1, 0.15) is 68.4 Å². The summed E-state index contributed by atoms with van der Waals surface area (Å²) in [6.07, 6.45) is 7.99. The van der Waals surface area contributed by atoms with E-state index in [2.05, 4.69) is 33.0 Å². The molecule has 8 heteroatoms. The fourth-order valence-electron chi connectivity index (χ4n) is 4.02. The number of hydrogen-bond donors (Lipinski definition) is 2. The average Bonchev–Trinajstić information content (AvgIpc) is 3.33. The molecule has 7 nitrogen and oxygen atoms in total. The molecule has 0 radical (unpaired) electrons. The Balaban J connectivity index is 1.25. The van der Waals surface area contributed by atoms with Crippen molar-refractivity contribution in [3.63, 3.8) is 0 Å². The van der Waals surface area contributed by atoms with Crippen LogP contribution in [0, 0.1) is 13.8 Å². The Hall–Kier alpha value is -3.52. The van der Waals surface area contributed by atoms with Gasteiger partial charge in [-0.3, -0.25) is 9.59 Å². The summed E-state index contributed by atoms with van der Waals surface area (Å²) < 4.78 is 5.80. The van der Waals surface area contributed by atoms with Crippen LogP contribution in [0.2, 0.25) is 0 Å². The molecule has 4 rings (SSSR count). The number of amides is 2. The van der Waals surface area contributed by atoms with E-state index < -0.39 is 0 Å². The summed E-state index contributed by atoms with van der Waals surface area (Å²) >= 11 is 1.19. The highest BCUT2D eigenvalue weighted by Gasteiger charge is 2.14. The van der Waals surface area contributed by atoms with Crippen LogP contribution >= 0.6 is 11.3 Å². The number of aromatic nitrogens is 2. The molecule has 2 N–H and O–H groups in total. The standard InChI is InChI=1S/C27H30N4O3S/c1-18-14-19(2)16-23(15-18)34-17-24-30-31-27(35-24)26(33)29-22-10-8-21(9-11-22)25(32)28-13-12-20-6-4-3-5-7-20/h6,8-11,14-16H,3-5,7,12-13,17H2,1-2H3,(H,28,32)(H,29,33). The van der Waals surface area contributed by atoms with Crippen LogP contribution in [0.5, 0.6) is 5.75 Å². The predicted octanol–water partition coefficient (Wildman–Crippen LogP) is 5.61. The van der Waals surface area contributed by atoms with Crippen molar-refractivity contribution in [2.45, 2.75) is 52.6 Å². The van der Waals surface area contributed by atoms with Crippen molar-refractivity contribution in [3.8, 4) is 5.75 Å². The van der Waals surface area contributed by atoms with E-state index in [0.29, 0.717) is 22.8 Å². The number of benzene rings is 2. The van der Waals surface area contributed by atoms with Gasteiger partial charge >= 0.3 is 0 Å². The molecule has 0 spiro atoms. The molecule has 2 amide bonds. The molecule has 0 unspecified atom stereocenters. The van der Waals surface area contributed by atoms with Gasteiger partial charge in [0.2, 0.25) is 5.01 Å². The van der Waals surface area contributed by atoms with Crippen LogP contribution in [0.25, 0.3) is 0 Å². The van der Waals surface area contributed by atoms with Crippen molar-refractivity contribution >= 4 is 28.8 Å². The third-order valence-electron chi connectivity index (χ3n) is 5.74. The van der Waals surface area contributed by atoms with E-state index in [0.717, 1.165) is 36.1 Å². The molecule has 1 aromatic heterocycles. The van der Waals surface area contributed by atoms with Crippen LogP contribution < -0.4 is 15.4 Å². The number of nitrogens with one attached hydrogen (secondary N) is 2. The summed E-state index contributed by atoms with van der Waals surface area (Å²) in [4.78, 5) is 25.0. The van der Waals surface area contributed by atoms with Crippen LogP contribution in [0.4, 0.5) is 5.69 Å². The van der Waals surface area contributed by atoms with Crippen molar-refractivity contribution < 1.29 is 14.3 Å². The highest BCUT2D eigenvalue weighted by molar-refractivity contribution is 7.13. The van der Waals surface area contributed by atoms with Crippen LogP contribution in [-0.4, -0.2) is 28.6 Å². The first-order chi connectivity index (χ1) is 17.0. The lowest BCUT2D eigenvalue weighted by molar-refractivity contribution is 0.0953. The number of anilines is 1. The number of aryl methyl sites for hydroxylation is 2. The van der Waals surface area contributed by atoms with Gasteiger partial charge in [0, 0.05) is 17.8 Å². The van der Waals surface area contributed by atoms with Gasteiger partial charge in [-0.15, -0.1) is 10.2 Å². The quantitative estimate of drug-likeness (QED) is 0.381. The molecule has 2 aromatic carbocycles. The fourth-order valence-corrected chi connectivity index (χ4v) is 4.67. The first-order valence-corrected chi connectivity index (χ1v) is 12.7. The largest absolute Gasteiger partial charge is 0.486 e. The molecule has 1 aliphatic rings. The molecule has 1 heterocycles. The van der Waals surface area contributed by atoms with Gasteiger partial charge in [-0.2, -0.15) is 0 Å². The molecule has 1 aliphatic carbocycles. The van der Waals surface area contributed by atoms with E-state index in [9.17, 15) is 9.59 Å². The van der Waals surface area contributed by atoms with Crippen LogP contribution in [-0.2, 0) is 6.61 Å². The third-order valence-corrected chi connectivity index (χ3v) is 6.64. The molecule has 0 fully saturated rings. The molecule has 0 aliphatic heterocycles. The third kappa shape index (κ3) is 7.23. The number of carbonyl (C=O) groups excluding carboxylic acids is 2. The lowest BCUT2D eigenvalue weighted by Crippen LogP contribution is -2.24. The fraction of sp³-hybridized carbons (Fsp3) is 0.333. The number of carbonyl (C=O) groups is 2. The van der Waals surface area contributed by atoms with E-state index >= 15 is 0 Å². The number of nitrogens with zero attached hydrogens (tertiary/aromatic N) is 2. The zero-order chi connectivity index (χ0) is 24.6. The number of rotatable bonds is 9. The van der Waals surface area contributed by atoms with E-state index in [1.54, 1.807) is 24.3 Å². The van der Waals surface area contributed by atoms with Gasteiger partial charge in [0.05, 0.1) is 0 Å². The first-order valence-electron chi connectivity index (χ1n) is 11.9. The Kier molecular flexibility index (Phi) is 8.26. The first kappa shape index (κ1) is 24.6. The summed E-state index contributed by atoms with van der Waals surface area (Å²) in [7, 11) is 0. The maximum absolute atomic E-state index is 12.6. The normalized spacial score (nSPS) is 13.1. The van der Waals surface area contributed by atoms with Gasteiger partial charge in [0.1, 0.15) is 12.4 Å². The van der Waals surface area contributed by atoms with Crippen LogP contribution in [0.15, 0.2) is 54.1 Å². The van der Waals surface area contributed by atoms with E-state index in [1.807, 2.05) is 26.0 Å². The zero-order valence-corrected chi connectivity index (χ0v) is 20.9. The van der Waals surface area contributed by atoms with Crippen molar-refractivity contribution in [2.75, 3.05) is 11.9 Å². The zero-order valence-electron chi connectivity index (χ0n) is 20.1. The smallest absolute Gasteiger partial charge is 0.286 e. The second-order valence-corrected chi connectivity index (χ2v) is 9.82. The SMILES string of the molecule is Cc1cc(C)cc(OCc2nnc(C(=O)Nc3ccc(C(=O)NCCC4=CCCCC4)cc3)s2)c1. The molecular formula is C27H30N4O3S. The molecule has 0 bridgehead atoms. The highest BCUT2D eigenvalue weighted by Crippen LogP contribution is 2.21. The summed E-state index contributed by atoms with van der Waals surface area (Å²) in [5, 5.41) is 14.7. The van der Waals surface area contributed by atoms with Gasteiger partial charge < -0.3 is 15.4 Å². The Bertz CT molecular complexity index is 1200. The number of ether oxygens (including phenoxy) is 1. The minimum absolute atomic E-state index is 0.114. The van der Waals surface area contributed by atoms with Crippen molar-refractivity contribution in [2.24, 2.45) is 0 Å². The molecule has 35 heavy (non-hydrogen) atoms. The molecule has 3 aromatic rings. The Morgan fingerprint density at radius 3 is 2.49 bits per heavy atom. The number of allylic oxidation sites excluding steroid dienone is 1. The average molecular weight is 491 g/mol. The Morgan fingerprint density at radius 1 is 1.00 bits per heavy atom. The maximum atomic E-state index is 12.6. The Morgan fingerprint density at radius 2 is 1.77 bits per heavy atom. The highest BCUT2D eigenvalue weighted by atomic mass is 32.1. The topological polar surface area (TPSA) is 93.2 Å². The van der Waals surface area contributed by atoms with Gasteiger partial charge in [-0.05, 0) is 93.5 Å². The van der Waals surface area contributed by atoms with E-state index in [1.165, 1.54) is 29.8 Å². The lowest BCUT2D eigenvalue weighted by Gasteiger charge is -2.13. The predicted molar refractivity (Wildman–Crippen MR) is 138 cm³/mol. The van der Waals surface area contributed by atoms with Gasteiger partial charge in [0.15, 0.2) is 5.01 Å². The van der Waals surface area contributed by atoms with Gasteiger partial charge in [0.25, 0.3) is 11.8 Å². The summed E-state index contributed by atoms with van der Waals surface area (Å²) in [6, 6.07) is 12.8. The lowest BCUT2D eigenvalue weighted by atomic mass is 9.97. The second-order valence-electron chi connectivity index (χ2n) is 8.76. The van der Waals surface area contributed by atoms with Crippen molar-refractivity contribution in [1.82, 2.24) is 15.5 Å². The summed E-state index contributed by atoms with van der Waals surface area (Å²) in [6.45, 7) is 4.91. The van der Waals surface area contributed by atoms with Crippen molar-refractivity contribution in [1.29, 1.82) is 0 Å². The molecule has 0 saturated carbocycles. The molecule has 182 valence electrons. The van der Waals surface area contributed by atoms with E-state index in [-0.39, 0.29) is 23.4 Å². The minimum Gasteiger partial charge on any atom is -0.486 e. The second kappa shape index (κ2) is 11.8. The maximum Gasteiger partial charge on any atom is 0.286 e. The molecular weight excluding hydrogens is 460 g/mol. The summed E-state index contributed by atoms with van der Waals surface area (Å²) in [5.41, 5.74) is 4.83. The Labute approximate surface area is 209 Å². The molecule has 0 atom stereocenters. The van der Waals surface area contributed by atoms with Gasteiger partial charge in [-0.25, -0.2) is 0 Å². The van der Waals surface area contributed by atoms with Crippen LogP contribution in [0.3, 0.4) is 0 Å². The summed E-state index contributed by atoms with van der Waals surface area (Å²) in [5.74, 6) is 0.300. The van der Waals surface area contributed by atoms with E-state index in [4.69, 9.17) is 4.74 Å². The minimum atomic E-state index is -0.349. The van der Waals surface area contributed by atoms with Crippen molar-refractivity contribution in [3.05, 3.63) is 80.8 Å².